The average molecular weight is 321 g/mol. The van der Waals surface area contributed by atoms with Gasteiger partial charge in [-0.2, -0.15) is 0 Å². The van der Waals surface area contributed by atoms with E-state index in [-0.39, 0.29) is 30.9 Å². The van der Waals surface area contributed by atoms with Crippen molar-refractivity contribution in [3.63, 3.8) is 0 Å². The van der Waals surface area contributed by atoms with Crippen LogP contribution in [0.4, 0.5) is 0 Å². The van der Waals surface area contributed by atoms with Crippen LogP contribution in [0.5, 0.6) is 5.75 Å². The van der Waals surface area contributed by atoms with E-state index < -0.39 is 0 Å². The summed E-state index contributed by atoms with van der Waals surface area (Å²) in [6, 6.07) is 9.98. The minimum atomic E-state index is 0. The van der Waals surface area contributed by atoms with E-state index in [1.807, 2.05) is 30.3 Å². The van der Waals surface area contributed by atoms with Gasteiger partial charge in [0.15, 0.2) is 0 Å². The molecule has 2 rings (SSSR count). The molecule has 1 heterocycles. The van der Waals surface area contributed by atoms with Crippen molar-refractivity contribution in [3.05, 3.63) is 30.3 Å². The minimum absolute atomic E-state index is 0. The third-order valence-electron chi connectivity index (χ3n) is 3.66. The number of piperidine rings is 1. The van der Waals surface area contributed by atoms with Gasteiger partial charge in [0.2, 0.25) is 0 Å². The first kappa shape index (κ1) is 19.5. The molecule has 0 saturated carbocycles. The van der Waals surface area contributed by atoms with Crippen LogP contribution in [0.15, 0.2) is 30.3 Å². The number of para-hydroxylation sites is 1. The first-order chi connectivity index (χ1) is 8.88. The molecule has 1 aliphatic heterocycles. The van der Waals surface area contributed by atoms with Crippen molar-refractivity contribution in [1.82, 2.24) is 5.32 Å². The fraction of sp³-hybridized carbons (Fsp3) is 0.600. The monoisotopic (exact) mass is 320 g/mol. The zero-order valence-corrected chi connectivity index (χ0v) is 13.4. The first-order valence-corrected chi connectivity index (χ1v) is 7.01. The van der Waals surface area contributed by atoms with Gasteiger partial charge in [-0.1, -0.05) is 18.2 Å². The largest absolute Gasteiger partial charge is 0.489 e. The second-order valence-corrected chi connectivity index (χ2v) is 5.06. The summed E-state index contributed by atoms with van der Waals surface area (Å²) in [4.78, 5) is 0. The quantitative estimate of drug-likeness (QED) is 0.847. The van der Waals surface area contributed by atoms with Crippen LogP contribution in [0.25, 0.3) is 0 Å². The molecule has 1 aromatic carbocycles. The standard InChI is InChI=1S/C15H24N2O.2ClH/c16-12-15(18-14-4-2-1-3-5-14)7-6-13-8-10-17-11-9-13;;/h1-5,13,15,17H,6-12,16H2;2*1H. The zero-order chi connectivity index (χ0) is 12.6. The third-order valence-corrected chi connectivity index (χ3v) is 3.66. The van der Waals surface area contributed by atoms with Crippen molar-refractivity contribution in [2.24, 2.45) is 11.7 Å². The topological polar surface area (TPSA) is 47.3 Å². The maximum Gasteiger partial charge on any atom is 0.119 e. The Morgan fingerprint density at radius 2 is 1.80 bits per heavy atom. The Kier molecular flexibility index (Phi) is 10.9. The van der Waals surface area contributed by atoms with E-state index in [1.165, 1.54) is 19.3 Å². The number of rotatable bonds is 6. The summed E-state index contributed by atoms with van der Waals surface area (Å²) in [5.41, 5.74) is 5.80. The summed E-state index contributed by atoms with van der Waals surface area (Å²) in [6.07, 6.45) is 5.04. The molecule has 1 saturated heterocycles. The van der Waals surface area contributed by atoms with Crippen LogP contribution in [-0.2, 0) is 0 Å². The van der Waals surface area contributed by atoms with Gasteiger partial charge < -0.3 is 15.8 Å². The van der Waals surface area contributed by atoms with Crippen molar-refractivity contribution in [3.8, 4) is 5.75 Å². The van der Waals surface area contributed by atoms with Crippen molar-refractivity contribution in [2.45, 2.75) is 31.8 Å². The van der Waals surface area contributed by atoms with Gasteiger partial charge in [-0.15, -0.1) is 24.8 Å². The summed E-state index contributed by atoms with van der Waals surface area (Å²) >= 11 is 0. The molecule has 0 aromatic heterocycles. The van der Waals surface area contributed by atoms with Gasteiger partial charge in [-0.05, 0) is 56.8 Å². The molecule has 1 fully saturated rings. The van der Waals surface area contributed by atoms with E-state index in [2.05, 4.69) is 5.32 Å². The van der Waals surface area contributed by atoms with Crippen LogP contribution < -0.4 is 15.8 Å². The van der Waals surface area contributed by atoms with E-state index in [4.69, 9.17) is 10.5 Å². The number of benzene rings is 1. The van der Waals surface area contributed by atoms with Gasteiger partial charge in [0, 0.05) is 6.54 Å². The zero-order valence-electron chi connectivity index (χ0n) is 11.8. The van der Waals surface area contributed by atoms with Gasteiger partial charge in [-0.3, -0.25) is 0 Å². The van der Waals surface area contributed by atoms with Crippen molar-refractivity contribution >= 4 is 24.8 Å². The predicted octanol–water partition coefficient (Wildman–Crippen LogP) is 3.02. The molecule has 0 bridgehead atoms. The molecule has 0 amide bonds. The van der Waals surface area contributed by atoms with Crippen LogP contribution in [0.2, 0.25) is 0 Å². The molecule has 0 radical (unpaired) electrons. The third kappa shape index (κ3) is 6.80. The fourth-order valence-corrected chi connectivity index (χ4v) is 2.51. The van der Waals surface area contributed by atoms with Gasteiger partial charge >= 0.3 is 0 Å². The Morgan fingerprint density at radius 3 is 2.40 bits per heavy atom. The smallest absolute Gasteiger partial charge is 0.119 e. The molecule has 1 aliphatic rings. The number of nitrogens with one attached hydrogen (secondary N) is 1. The molecule has 20 heavy (non-hydrogen) atoms. The molecule has 116 valence electrons. The molecule has 0 aliphatic carbocycles. The summed E-state index contributed by atoms with van der Waals surface area (Å²) in [5, 5.41) is 3.40. The van der Waals surface area contributed by atoms with Crippen LogP contribution >= 0.6 is 24.8 Å². The maximum atomic E-state index is 5.91. The number of halogens is 2. The molecule has 1 unspecified atom stereocenters. The Bertz CT molecular complexity index is 332. The normalized spacial score (nSPS) is 16.6. The summed E-state index contributed by atoms with van der Waals surface area (Å²) < 4.78 is 5.91. The molecule has 1 atom stereocenters. The Morgan fingerprint density at radius 1 is 1.15 bits per heavy atom. The summed E-state index contributed by atoms with van der Waals surface area (Å²) in [7, 11) is 0. The highest BCUT2D eigenvalue weighted by Gasteiger charge is 2.16. The highest BCUT2D eigenvalue weighted by Crippen LogP contribution is 2.20. The number of nitrogens with two attached hydrogens (primary N) is 1. The van der Waals surface area contributed by atoms with Crippen LogP contribution in [0.3, 0.4) is 0 Å². The average Bonchev–Trinajstić information content (AvgIpc) is 2.45. The minimum Gasteiger partial charge on any atom is -0.489 e. The highest BCUT2D eigenvalue weighted by molar-refractivity contribution is 5.85. The van der Waals surface area contributed by atoms with Crippen molar-refractivity contribution < 1.29 is 4.74 Å². The second-order valence-electron chi connectivity index (χ2n) is 5.06. The number of hydrogen-bond acceptors (Lipinski definition) is 3. The van der Waals surface area contributed by atoms with Gasteiger partial charge in [0.05, 0.1) is 0 Å². The van der Waals surface area contributed by atoms with E-state index in [1.54, 1.807) is 0 Å². The van der Waals surface area contributed by atoms with Crippen LogP contribution in [0.1, 0.15) is 25.7 Å². The molecule has 5 heteroatoms. The van der Waals surface area contributed by atoms with Crippen molar-refractivity contribution in [2.75, 3.05) is 19.6 Å². The lowest BCUT2D eigenvalue weighted by atomic mass is 9.92. The van der Waals surface area contributed by atoms with Gasteiger partial charge in [0.1, 0.15) is 11.9 Å². The highest BCUT2D eigenvalue weighted by atomic mass is 35.5. The lowest BCUT2D eigenvalue weighted by molar-refractivity contribution is 0.181. The van der Waals surface area contributed by atoms with Gasteiger partial charge in [-0.25, -0.2) is 0 Å². The number of hydrogen-bond donors (Lipinski definition) is 2. The Hall–Kier alpha value is -0.480. The molecule has 3 N–H and O–H groups in total. The SMILES string of the molecule is Cl.Cl.NCC(CCC1CCNCC1)Oc1ccccc1. The lowest BCUT2D eigenvalue weighted by Crippen LogP contribution is -2.31. The summed E-state index contributed by atoms with van der Waals surface area (Å²) in [5.74, 6) is 1.78. The fourth-order valence-electron chi connectivity index (χ4n) is 2.51. The number of ether oxygens (including phenoxy) is 1. The second kappa shape index (κ2) is 11.2. The molecular formula is C15H26Cl2N2O. The molecule has 0 spiro atoms. The molecular weight excluding hydrogens is 295 g/mol. The maximum absolute atomic E-state index is 5.91. The van der Waals surface area contributed by atoms with E-state index in [0.717, 1.165) is 31.2 Å². The lowest BCUT2D eigenvalue weighted by Gasteiger charge is -2.25. The van der Waals surface area contributed by atoms with E-state index in [9.17, 15) is 0 Å². The predicted molar refractivity (Wildman–Crippen MR) is 89.2 cm³/mol. The molecule has 3 nitrogen and oxygen atoms in total. The van der Waals surface area contributed by atoms with Crippen LogP contribution in [0, 0.1) is 5.92 Å². The molecule has 1 aromatic rings. The van der Waals surface area contributed by atoms with Crippen LogP contribution in [-0.4, -0.2) is 25.7 Å². The van der Waals surface area contributed by atoms with Gasteiger partial charge in [0.25, 0.3) is 0 Å². The van der Waals surface area contributed by atoms with E-state index >= 15 is 0 Å². The van der Waals surface area contributed by atoms with E-state index in [0.29, 0.717) is 6.54 Å². The Balaban J connectivity index is 0.00000180. The first-order valence-electron chi connectivity index (χ1n) is 7.01. The van der Waals surface area contributed by atoms with Crippen molar-refractivity contribution in [1.29, 1.82) is 0 Å². The summed E-state index contributed by atoms with van der Waals surface area (Å²) in [6.45, 7) is 2.93. The Labute approximate surface area is 134 Å².